The van der Waals surface area contributed by atoms with Gasteiger partial charge in [-0.3, -0.25) is 9.78 Å². The van der Waals surface area contributed by atoms with E-state index in [9.17, 15) is 4.79 Å². The van der Waals surface area contributed by atoms with Crippen molar-refractivity contribution < 1.29 is 9.32 Å². The highest BCUT2D eigenvalue weighted by Crippen LogP contribution is 2.32. The molecule has 0 bridgehead atoms. The molecule has 1 fully saturated rings. The van der Waals surface area contributed by atoms with E-state index >= 15 is 0 Å². The molecule has 2 aliphatic rings. The SMILES string of the molecule is Cc1nocc1C(=O)N1Cc2ncccc2N2CCC[C@H]2C1. The lowest BCUT2D eigenvalue weighted by molar-refractivity contribution is 0.0735. The summed E-state index contributed by atoms with van der Waals surface area (Å²) in [5.41, 5.74) is 3.32. The number of pyridine rings is 1. The highest BCUT2D eigenvalue weighted by Gasteiger charge is 2.34. The summed E-state index contributed by atoms with van der Waals surface area (Å²) in [6.45, 7) is 4.09. The Hall–Kier alpha value is -2.37. The van der Waals surface area contributed by atoms with Crippen LogP contribution >= 0.6 is 0 Å². The summed E-state index contributed by atoms with van der Waals surface area (Å²) in [5, 5.41) is 3.82. The maximum absolute atomic E-state index is 12.8. The van der Waals surface area contributed by atoms with Crippen LogP contribution in [-0.2, 0) is 6.54 Å². The van der Waals surface area contributed by atoms with Crippen LogP contribution in [0.2, 0.25) is 0 Å². The standard InChI is InChI=1S/C16H18N4O2/c1-11-13(10-22-18-11)16(21)19-8-12-4-3-7-20(12)15-5-2-6-17-14(15)9-19/h2,5-6,10,12H,3-4,7-9H2,1H3/t12-/m0/s1. The molecule has 2 aromatic heterocycles. The summed E-state index contributed by atoms with van der Waals surface area (Å²) in [7, 11) is 0. The molecule has 4 heterocycles. The number of amides is 1. The molecule has 0 aromatic carbocycles. The van der Waals surface area contributed by atoms with E-state index in [-0.39, 0.29) is 5.91 Å². The second-order valence-corrected chi connectivity index (χ2v) is 5.96. The van der Waals surface area contributed by atoms with Gasteiger partial charge >= 0.3 is 0 Å². The minimum Gasteiger partial charge on any atom is -0.365 e. The van der Waals surface area contributed by atoms with Gasteiger partial charge in [0.15, 0.2) is 0 Å². The van der Waals surface area contributed by atoms with Crippen molar-refractivity contribution in [3.05, 3.63) is 41.5 Å². The summed E-state index contributed by atoms with van der Waals surface area (Å²) in [5.74, 6) is -0.0240. The molecule has 0 unspecified atom stereocenters. The number of rotatable bonds is 1. The highest BCUT2D eigenvalue weighted by molar-refractivity contribution is 5.95. The van der Waals surface area contributed by atoms with Crippen LogP contribution in [0.15, 0.2) is 29.1 Å². The van der Waals surface area contributed by atoms with Crippen LogP contribution in [0.25, 0.3) is 0 Å². The van der Waals surface area contributed by atoms with E-state index in [1.807, 2.05) is 11.0 Å². The zero-order valence-electron chi connectivity index (χ0n) is 12.5. The average Bonchev–Trinajstić information content (AvgIpc) is 3.12. The van der Waals surface area contributed by atoms with Crippen molar-refractivity contribution in [1.29, 1.82) is 0 Å². The lowest BCUT2D eigenvalue weighted by atomic mass is 10.2. The minimum atomic E-state index is -0.0240. The first kappa shape index (κ1) is 13.3. The van der Waals surface area contributed by atoms with Crippen molar-refractivity contribution in [1.82, 2.24) is 15.0 Å². The fourth-order valence-corrected chi connectivity index (χ4v) is 3.48. The number of carbonyl (C=O) groups excluding carboxylic acids is 1. The van der Waals surface area contributed by atoms with Crippen LogP contribution in [0.4, 0.5) is 5.69 Å². The van der Waals surface area contributed by atoms with Gasteiger partial charge in [-0.05, 0) is 31.9 Å². The Morgan fingerprint density at radius 3 is 3.18 bits per heavy atom. The van der Waals surface area contributed by atoms with Crippen LogP contribution < -0.4 is 4.90 Å². The van der Waals surface area contributed by atoms with Crippen molar-refractivity contribution >= 4 is 11.6 Å². The topological polar surface area (TPSA) is 62.5 Å². The molecule has 1 saturated heterocycles. The first-order chi connectivity index (χ1) is 10.7. The van der Waals surface area contributed by atoms with Gasteiger partial charge in [-0.2, -0.15) is 0 Å². The third-order valence-corrected chi connectivity index (χ3v) is 4.59. The molecule has 4 rings (SSSR count). The second kappa shape index (κ2) is 5.12. The number of aromatic nitrogens is 2. The molecule has 6 heteroatoms. The van der Waals surface area contributed by atoms with Crippen molar-refractivity contribution in [3.8, 4) is 0 Å². The normalized spacial score (nSPS) is 20.5. The Morgan fingerprint density at radius 2 is 2.36 bits per heavy atom. The van der Waals surface area contributed by atoms with E-state index in [0.29, 0.717) is 23.8 Å². The molecule has 0 radical (unpaired) electrons. The van der Waals surface area contributed by atoms with Crippen molar-refractivity contribution in [3.63, 3.8) is 0 Å². The number of hydrogen-bond acceptors (Lipinski definition) is 5. The Morgan fingerprint density at radius 1 is 1.45 bits per heavy atom. The molecular formula is C16H18N4O2. The average molecular weight is 298 g/mol. The number of nitrogens with zero attached hydrogens (tertiary/aromatic N) is 4. The van der Waals surface area contributed by atoms with E-state index in [1.54, 1.807) is 13.1 Å². The Balaban J connectivity index is 1.71. The third kappa shape index (κ3) is 2.06. The summed E-state index contributed by atoms with van der Waals surface area (Å²) in [4.78, 5) is 21.6. The maximum atomic E-state index is 12.8. The number of fused-ring (bicyclic) bond motifs is 3. The van der Waals surface area contributed by atoms with Gasteiger partial charge in [0.1, 0.15) is 11.8 Å². The molecule has 114 valence electrons. The summed E-state index contributed by atoms with van der Waals surface area (Å²) in [6, 6.07) is 4.45. The predicted octanol–water partition coefficient (Wildman–Crippen LogP) is 2.00. The van der Waals surface area contributed by atoms with Gasteiger partial charge in [-0.1, -0.05) is 5.16 Å². The molecule has 22 heavy (non-hydrogen) atoms. The van der Waals surface area contributed by atoms with Crippen LogP contribution in [-0.4, -0.2) is 40.1 Å². The molecule has 0 spiro atoms. The lowest BCUT2D eigenvalue weighted by Crippen LogP contribution is -2.40. The van der Waals surface area contributed by atoms with Crippen molar-refractivity contribution in [2.45, 2.75) is 32.4 Å². The van der Waals surface area contributed by atoms with Crippen LogP contribution in [0, 0.1) is 6.92 Å². The first-order valence-corrected chi connectivity index (χ1v) is 7.65. The van der Waals surface area contributed by atoms with Gasteiger partial charge in [0.25, 0.3) is 5.91 Å². The monoisotopic (exact) mass is 298 g/mol. The van der Waals surface area contributed by atoms with Crippen molar-refractivity contribution in [2.24, 2.45) is 0 Å². The predicted molar refractivity (Wildman–Crippen MR) is 80.6 cm³/mol. The van der Waals surface area contributed by atoms with Crippen LogP contribution in [0.3, 0.4) is 0 Å². The van der Waals surface area contributed by atoms with Crippen LogP contribution in [0.1, 0.15) is 34.6 Å². The summed E-state index contributed by atoms with van der Waals surface area (Å²) < 4.78 is 4.92. The fourth-order valence-electron chi connectivity index (χ4n) is 3.48. The second-order valence-electron chi connectivity index (χ2n) is 5.96. The van der Waals surface area contributed by atoms with Crippen molar-refractivity contribution in [2.75, 3.05) is 18.0 Å². The van der Waals surface area contributed by atoms with E-state index in [0.717, 1.165) is 31.6 Å². The maximum Gasteiger partial charge on any atom is 0.259 e. The van der Waals surface area contributed by atoms with Gasteiger partial charge in [0, 0.05) is 25.3 Å². The van der Waals surface area contributed by atoms with Gasteiger partial charge in [0.2, 0.25) is 0 Å². The molecule has 6 nitrogen and oxygen atoms in total. The molecular weight excluding hydrogens is 280 g/mol. The number of aryl methyl sites for hydroxylation is 1. The molecule has 0 aliphatic carbocycles. The number of carbonyl (C=O) groups is 1. The zero-order valence-corrected chi connectivity index (χ0v) is 12.5. The molecule has 1 amide bonds. The summed E-state index contributed by atoms with van der Waals surface area (Å²) >= 11 is 0. The van der Waals surface area contributed by atoms with E-state index in [4.69, 9.17) is 4.52 Å². The fraction of sp³-hybridized carbons (Fsp3) is 0.438. The molecule has 0 N–H and O–H groups in total. The highest BCUT2D eigenvalue weighted by atomic mass is 16.5. The molecule has 2 aromatic rings. The van der Waals surface area contributed by atoms with E-state index in [2.05, 4.69) is 21.1 Å². The third-order valence-electron chi connectivity index (χ3n) is 4.59. The Labute approximate surface area is 128 Å². The first-order valence-electron chi connectivity index (χ1n) is 7.65. The van der Waals surface area contributed by atoms with Gasteiger partial charge < -0.3 is 14.3 Å². The summed E-state index contributed by atoms with van der Waals surface area (Å²) in [6.07, 6.45) is 5.50. The zero-order chi connectivity index (χ0) is 15.1. The van der Waals surface area contributed by atoms with E-state index in [1.165, 1.54) is 12.0 Å². The van der Waals surface area contributed by atoms with Gasteiger partial charge in [0.05, 0.1) is 23.6 Å². The molecule has 1 atom stereocenters. The Bertz CT molecular complexity index is 712. The minimum absolute atomic E-state index is 0.0240. The quantitative estimate of drug-likeness (QED) is 0.806. The lowest BCUT2D eigenvalue weighted by Gasteiger charge is -2.27. The number of anilines is 1. The van der Waals surface area contributed by atoms with Crippen LogP contribution in [0.5, 0.6) is 0 Å². The Kier molecular flexibility index (Phi) is 3.10. The van der Waals surface area contributed by atoms with E-state index < -0.39 is 0 Å². The number of hydrogen-bond donors (Lipinski definition) is 0. The smallest absolute Gasteiger partial charge is 0.259 e. The molecule has 2 aliphatic heterocycles. The van der Waals surface area contributed by atoms with Gasteiger partial charge in [-0.25, -0.2) is 0 Å². The largest absolute Gasteiger partial charge is 0.365 e. The van der Waals surface area contributed by atoms with Gasteiger partial charge in [-0.15, -0.1) is 0 Å². The molecule has 0 saturated carbocycles.